The molecule has 1 N–H and O–H groups in total. The van der Waals surface area contributed by atoms with Crippen LogP contribution in [0.15, 0.2) is 77.8 Å². The molecule has 0 atom stereocenters. The van der Waals surface area contributed by atoms with E-state index in [2.05, 4.69) is 11.4 Å². The van der Waals surface area contributed by atoms with Crippen molar-refractivity contribution in [3.8, 4) is 45.7 Å². The highest BCUT2D eigenvalue weighted by Crippen LogP contribution is 2.36. The second kappa shape index (κ2) is 11.3. The lowest BCUT2D eigenvalue weighted by molar-refractivity contribution is -0.115. The van der Waals surface area contributed by atoms with Crippen molar-refractivity contribution in [2.45, 2.75) is 18.4 Å². The van der Waals surface area contributed by atoms with Crippen LogP contribution in [0.5, 0.6) is 17.2 Å². The number of thioether (sulfide) groups is 1. The third-order valence-electron chi connectivity index (χ3n) is 6.07. The van der Waals surface area contributed by atoms with Gasteiger partial charge in [0.05, 0.1) is 18.4 Å². The summed E-state index contributed by atoms with van der Waals surface area (Å²) in [5, 5.41) is 13.6. The molecular formula is C30H25N3O4S. The van der Waals surface area contributed by atoms with Crippen molar-refractivity contribution in [2.24, 2.45) is 0 Å². The molecule has 190 valence electrons. The third-order valence-corrected chi connectivity index (χ3v) is 7.05. The van der Waals surface area contributed by atoms with Gasteiger partial charge >= 0.3 is 0 Å². The van der Waals surface area contributed by atoms with Gasteiger partial charge < -0.3 is 19.5 Å². The molecule has 0 radical (unpaired) electrons. The van der Waals surface area contributed by atoms with Crippen LogP contribution in [-0.4, -0.2) is 30.5 Å². The summed E-state index contributed by atoms with van der Waals surface area (Å²) >= 11 is 1.40. The number of methoxy groups -OCH3 is 1. The number of anilines is 1. The first kappa shape index (κ1) is 25.2. The zero-order valence-corrected chi connectivity index (χ0v) is 21.8. The predicted octanol–water partition coefficient (Wildman–Crippen LogP) is 6.45. The fraction of sp³-hybridized carbons (Fsp3) is 0.167. The van der Waals surface area contributed by atoms with Gasteiger partial charge in [0.15, 0.2) is 11.5 Å². The van der Waals surface area contributed by atoms with Crippen molar-refractivity contribution in [1.82, 2.24) is 4.98 Å². The van der Waals surface area contributed by atoms with Crippen molar-refractivity contribution in [2.75, 3.05) is 25.0 Å². The predicted molar refractivity (Wildman–Crippen MR) is 148 cm³/mol. The summed E-state index contributed by atoms with van der Waals surface area (Å²) in [7, 11) is 1.63. The number of fused-ring (bicyclic) bond motifs is 1. The van der Waals surface area contributed by atoms with E-state index in [4.69, 9.17) is 19.2 Å². The SMILES string of the molecule is COc1ccc(-c2cc(-c3ccc(C)cc3)c(C#N)c(SCCC(=O)Nc3ccc4c(c3)OCO4)n2)cc1. The zero-order valence-electron chi connectivity index (χ0n) is 21.0. The largest absolute Gasteiger partial charge is 0.497 e. The number of nitrogens with zero attached hydrogens (tertiary/aromatic N) is 2. The Kier molecular flexibility index (Phi) is 7.47. The van der Waals surface area contributed by atoms with E-state index in [-0.39, 0.29) is 19.1 Å². The van der Waals surface area contributed by atoms with Gasteiger partial charge in [0, 0.05) is 35.1 Å². The number of rotatable bonds is 8. The van der Waals surface area contributed by atoms with Gasteiger partial charge in [0.2, 0.25) is 12.7 Å². The number of carbonyl (C=O) groups is 1. The molecule has 0 fully saturated rings. The molecule has 4 aromatic rings. The fourth-order valence-corrected chi connectivity index (χ4v) is 4.99. The van der Waals surface area contributed by atoms with E-state index in [1.807, 2.05) is 61.5 Å². The number of amides is 1. The van der Waals surface area contributed by atoms with Gasteiger partial charge in [-0.25, -0.2) is 4.98 Å². The van der Waals surface area contributed by atoms with E-state index >= 15 is 0 Å². The van der Waals surface area contributed by atoms with Crippen molar-refractivity contribution in [1.29, 1.82) is 5.26 Å². The highest BCUT2D eigenvalue weighted by atomic mass is 32.2. The normalized spacial score (nSPS) is 11.6. The standard InChI is InChI=1S/C30H25N3O4S/c1-19-3-5-20(6-4-19)24-16-26(21-7-10-23(35-2)11-8-21)33-30(25(24)17-31)38-14-13-29(34)32-22-9-12-27-28(15-22)37-18-36-27/h3-12,15-16H,13-14,18H2,1-2H3,(H,32,34). The highest BCUT2D eigenvalue weighted by Gasteiger charge is 2.17. The Labute approximate surface area is 225 Å². The fourth-order valence-electron chi connectivity index (χ4n) is 4.04. The molecule has 38 heavy (non-hydrogen) atoms. The van der Waals surface area contributed by atoms with Gasteiger partial charge in [0.25, 0.3) is 0 Å². The summed E-state index contributed by atoms with van der Waals surface area (Å²) < 4.78 is 16.0. The minimum atomic E-state index is -0.139. The van der Waals surface area contributed by atoms with E-state index in [1.165, 1.54) is 11.8 Å². The average Bonchev–Trinajstić information content (AvgIpc) is 3.41. The van der Waals surface area contributed by atoms with Gasteiger partial charge in [-0.05, 0) is 55.0 Å². The van der Waals surface area contributed by atoms with Crippen LogP contribution in [0.2, 0.25) is 0 Å². The van der Waals surface area contributed by atoms with Crippen LogP contribution in [0.4, 0.5) is 5.69 Å². The molecule has 5 rings (SSSR count). The van der Waals surface area contributed by atoms with Crippen LogP contribution in [0, 0.1) is 18.3 Å². The summed E-state index contributed by atoms with van der Waals surface area (Å²) in [5.74, 6) is 2.34. The average molecular weight is 524 g/mol. The lowest BCUT2D eigenvalue weighted by Crippen LogP contribution is -2.12. The van der Waals surface area contributed by atoms with E-state index in [1.54, 1.807) is 25.3 Å². The molecule has 7 nitrogen and oxygen atoms in total. The second-order valence-electron chi connectivity index (χ2n) is 8.66. The number of nitriles is 1. The molecule has 0 spiro atoms. The molecule has 0 saturated heterocycles. The first-order valence-corrected chi connectivity index (χ1v) is 13.0. The molecule has 1 aliphatic rings. The molecule has 0 unspecified atom stereocenters. The number of benzene rings is 3. The van der Waals surface area contributed by atoms with Crippen LogP contribution in [-0.2, 0) is 4.79 Å². The summed E-state index contributed by atoms with van der Waals surface area (Å²) in [4.78, 5) is 17.5. The Morgan fingerprint density at radius 3 is 2.50 bits per heavy atom. The minimum Gasteiger partial charge on any atom is -0.497 e. The second-order valence-corrected chi connectivity index (χ2v) is 9.74. The van der Waals surface area contributed by atoms with E-state index in [9.17, 15) is 10.1 Å². The highest BCUT2D eigenvalue weighted by molar-refractivity contribution is 7.99. The first-order valence-electron chi connectivity index (χ1n) is 12.0. The number of nitrogens with one attached hydrogen (secondary N) is 1. The molecular weight excluding hydrogens is 498 g/mol. The number of hydrogen-bond donors (Lipinski definition) is 1. The number of pyridine rings is 1. The van der Waals surface area contributed by atoms with Crippen molar-refractivity contribution < 1.29 is 19.0 Å². The topological polar surface area (TPSA) is 93.5 Å². The minimum absolute atomic E-state index is 0.139. The van der Waals surface area contributed by atoms with Crippen LogP contribution in [0.25, 0.3) is 22.4 Å². The van der Waals surface area contributed by atoms with Gasteiger partial charge in [-0.3, -0.25) is 4.79 Å². The van der Waals surface area contributed by atoms with Crippen molar-refractivity contribution in [3.63, 3.8) is 0 Å². The Balaban J connectivity index is 1.38. The molecule has 1 aromatic heterocycles. The van der Waals surface area contributed by atoms with Crippen LogP contribution < -0.4 is 19.5 Å². The van der Waals surface area contributed by atoms with Gasteiger partial charge in [-0.2, -0.15) is 5.26 Å². The molecule has 1 amide bonds. The number of ether oxygens (including phenoxy) is 3. The smallest absolute Gasteiger partial charge is 0.231 e. The summed E-state index contributed by atoms with van der Waals surface area (Å²) in [6.07, 6.45) is 0.248. The van der Waals surface area contributed by atoms with Gasteiger partial charge in [-0.15, -0.1) is 11.8 Å². The summed E-state index contributed by atoms with van der Waals surface area (Å²) in [6.45, 7) is 2.21. The molecule has 8 heteroatoms. The number of aryl methyl sites for hydroxylation is 1. The van der Waals surface area contributed by atoms with Gasteiger partial charge in [0.1, 0.15) is 16.8 Å². The van der Waals surface area contributed by atoms with E-state index in [0.717, 1.165) is 33.7 Å². The molecule has 0 aliphatic carbocycles. The number of carbonyl (C=O) groups excluding carboxylic acids is 1. The quantitative estimate of drug-likeness (QED) is 0.265. The van der Waals surface area contributed by atoms with Crippen LogP contribution >= 0.6 is 11.8 Å². The van der Waals surface area contributed by atoms with Gasteiger partial charge in [-0.1, -0.05) is 29.8 Å². The van der Waals surface area contributed by atoms with E-state index < -0.39 is 0 Å². The Morgan fingerprint density at radius 1 is 1.03 bits per heavy atom. The lowest BCUT2D eigenvalue weighted by Gasteiger charge is -2.13. The first-order chi connectivity index (χ1) is 18.5. The summed E-state index contributed by atoms with van der Waals surface area (Å²) in [6, 6.07) is 25.3. The molecule has 0 bridgehead atoms. The molecule has 0 saturated carbocycles. The summed E-state index contributed by atoms with van der Waals surface area (Å²) in [5.41, 5.74) is 5.67. The van der Waals surface area contributed by atoms with Crippen LogP contribution in [0.3, 0.4) is 0 Å². The number of aromatic nitrogens is 1. The van der Waals surface area contributed by atoms with Crippen molar-refractivity contribution >= 4 is 23.4 Å². The number of hydrogen-bond acceptors (Lipinski definition) is 7. The zero-order chi connectivity index (χ0) is 26.5. The van der Waals surface area contributed by atoms with Crippen LogP contribution in [0.1, 0.15) is 17.5 Å². The Morgan fingerprint density at radius 2 is 1.76 bits per heavy atom. The van der Waals surface area contributed by atoms with Crippen molar-refractivity contribution in [3.05, 3.63) is 83.9 Å². The Bertz CT molecular complexity index is 1510. The molecule has 2 heterocycles. The Hall–Kier alpha value is -4.48. The van der Waals surface area contributed by atoms with E-state index in [0.29, 0.717) is 33.5 Å². The third kappa shape index (κ3) is 5.58. The maximum atomic E-state index is 12.6. The monoisotopic (exact) mass is 523 g/mol. The lowest BCUT2D eigenvalue weighted by atomic mass is 9.98. The molecule has 3 aromatic carbocycles. The maximum Gasteiger partial charge on any atom is 0.231 e. The molecule has 1 aliphatic heterocycles. The maximum absolute atomic E-state index is 12.6.